The normalized spacial score (nSPS) is 11.5. The molecule has 0 spiro atoms. The molecule has 22 heavy (non-hydrogen) atoms. The lowest BCUT2D eigenvalue weighted by molar-refractivity contribution is -0.138. The monoisotopic (exact) mass is 382 g/mol. The van der Waals surface area contributed by atoms with Gasteiger partial charge in [0.05, 0.1) is 18.5 Å². The zero-order valence-corrected chi connectivity index (χ0v) is 13.2. The van der Waals surface area contributed by atoms with Crippen molar-refractivity contribution in [1.29, 1.82) is 0 Å². The van der Waals surface area contributed by atoms with Crippen molar-refractivity contribution in [2.24, 2.45) is 0 Å². The average Bonchev–Trinajstić information content (AvgIpc) is 2.37. The molecular formula is C13H14BrF3N2O3. The van der Waals surface area contributed by atoms with Gasteiger partial charge in [0.2, 0.25) is 5.91 Å². The number of rotatable bonds is 6. The number of amides is 1. The molecule has 5 nitrogen and oxygen atoms in total. The van der Waals surface area contributed by atoms with E-state index in [1.165, 1.54) is 17.0 Å². The average molecular weight is 383 g/mol. The third-order valence-electron chi connectivity index (χ3n) is 2.68. The summed E-state index contributed by atoms with van der Waals surface area (Å²) in [5.41, 5.74) is -0.864. The molecule has 0 aliphatic carbocycles. The van der Waals surface area contributed by atoms with Crippen molar-refractivity contribution in [2.45, 2.75) is 12.6 Å². The fourth-order valence-electron chi connectivity index (χ4n) is 1.63. The van der Waals surface area contributed by atoms with Gasteiger partial charge in [-0.25, -0.2) is 0 Å². The Morgan fingerprint density at radius 3 is 2.55 bits per heavy atom. The minimum absolute atomic E-state index is 0.0205. The number of carbonyl (C=O) groups is 2. The maximum absolute atomic E-state index is 12.7. The van der Waals surface area contributed by atoms with Crippen LogP contribution in [0.15, 0.2) is 22.7 Å². The largest absolute Gasteiger partial charge is 0.481 e. The van der Waals surface area contributed by atoms with Crippen LogP contribution >= 0.6 is 15.9 Å². The van der Waals surface area contributed by atoms with Crippen LogP contribution in [-0.2, 0) is 15.8 Å². The quantitative estimate of drug-likeness (QED) is 0.793. The Hall–Kier alpha value is -1.61. The minimum atomic E-state index is -4.53. The molecule has 0 heterocycles. The Bertz CT molecular complexity index is 564. The summed E-state index contributed by atoms with van der Waals surface area (Å²) >= 11 is 2.81. The van der Waals surface area contributed by atoms with Crippen molar-refractivity contribution in [3.8, 4) is 0 Å². The molecule has 0 saturated heterocycles. The fourth-order valence-corrected chi connectivity index (χ4v) is 2.10. The highest BCUT2D eigenvalue weighted by molar-refractivity contribution is 9.10. The maximum atomic E-state index is 12.7. The van der Waals surface area contributed by atoms with E-state index in [1.807, 2.05) is 0 Å². The molecule has 0 aromatic heterocycles. The van der Waals surface area contributed by atoms with Gasteiger partial charge < -0.3 is 10.4 Å². The van der Waals surface area contributed by atoms with Crippen molar-refractivity contribution >= 4 is 33.5 Å². The van der Waals surface area contributed by atoms with E-state index in [4.69, 9.17) is 5.11 Å². The van der Waals surface area contributed by atoms with Gasteiger partial charge in [-0.2, -0.15) is 13.2 Å². The Balaban J connectivity index is 2.67. The van der Waals surface area contributed by atoms with Crippen LogP contribution in [0.2, 0.25) is 0 Å². The van der Waals surface area contributed by atoms with E-state index in [0.717, 1.165) is 6.07 Å². The maximum Gasteiger partial charge on any atom is 0.417 e. The van der Waals surface area contributed by atoms with Crippen molar-refractivity contribution in [2.75, 3.05) is 25.5 Å². The molecule has 2 N–H and O–H groups in total. The highest BCUT2D eigenvalue weighted by atomic mass is 79.9. The van der Waals surface area contributed by atoms with Crippen LogP contribution in [0, 0.1) is 0 Å². The lowest BCUT2D eigenvalue weighted by Gasteiger charge is -2.16. The molecule has 0 saturated carbocycles. The first kappa shape index (κ1) is 18.4. The number of nitrogens with one attached hydrogen (secondary N) is 1. The first-order valence-corrected chi connectivity index (χ1v) is 6.96. The first-order valence-electron chi connectivity index (χ1n) is 6.16. The van der Waals surface area contributed by atoms with Gasteiger partial charge in [0.25, 0.3) is 0 Å². The predicted octanol–water partition coefficient (Wildman–Crippen LogP) is 2.81. The van der Waals surface area contributed by atoms with Gasteiger partial charge in [-0.05, 0) is 25.2 Å². The number of nitrogens with zero attached hydrogens (tertiary/aromatic N) is 1. The zero-order chi connectivity index (χ0) is 16.9. The van der Waals surface area contributed by atoms with Crippen LogP contribution in [0.3, 0.4) is 0 Å². The van der Waals surface area contributed by atoms with Crippen LogP contribution in [0.25, 0.3) is 0 Å². The summed E-state index contributed by atoms with van der Waals surface area (Å²) in [4.78, 5) is 23.6. The van der Waals surface area contributed by atoms with Gasteiger partial charge in [0.15, 0.2) is 0 Å². The van der Waals surface area contributed by atoms with Crippen molar-refractivity contribution in [1.82, 2.24) is 4.90 Å². The Morgan fingerprint density at radius 2 is 2.00 bits per heavy atom. The molecule has 1 aromatic rings. The summed E-state index contributed by atoms with van der Waals surface area (Å²) in [6, 6.07) is 3.38. The summed E-state index contributed by atoms with van der Waals surface area (Å²) in [6.45, 7) is 0.0432. The van der Waals surface area contributed by atoms with Gasteiger partial charge in [-0.15, -0.1) is 0 Å². The number of hydrogen-bond donors (Lipinski definition) is 2. The number of carbonyl (C=O) groups excluding carboxylic acids is 1. The van der Waals surface area contributed by atoms with Crippen LogP contribution in [0.1, 0.15) is 12.0 Å². The summed E-state index contributed by atoms with van der Waals surface area (Å²) < 4.78 is 38.1. The van der Waals surface area contributed by atoms with Gasteiger partial charge in [-0.1, -0.05) is 15.9 Å². The van der Waals surface area contributed by atoms with Crippen LogP contribution in [0.5, 0.6) is 0 Å². The van der Waals surface area contributed by atoms with Crippen molar-refractivity contribution in [3.63, 3.8) is 0 Å². The molecule has 0 bridgehead atoms. The predicted molar refractivity (Wildman–Crippen MR) is 77.5 cm³/mol. The van der Waals surface area contributed by atoms with E-state index < -0.39 is 23.6 Å². The number of halogens is 4. The second kappa shape index (κ2) is 7.59. The second-order valence-electron chi connectivity index (χ2n) is 4.62. The number of alkyl halides is 3. The summed E-state index contributed by atoms with van der Waals surface area (Å²) in [5, 5.41) is 10.9. The molecule has 122 valence electrons. The highest BCUT2D eigenvalue weighted by Crippen LogP contribution is 2.36. The molecule has 9 heteroatoms. The van der Waals surface area contributed by atoms with E-state index in [2.05, 4.69) is 21.2 Å². The Labute approximate surface area is 133 Å². The van der Waals surface area contributed by atoms with Crippen LogP contribution < -0.4 is 5.32 Å². The lowest BCUT2D eigenvalue weighted by Crippen LogP contribution is -2.31. The van der Waals surface area contributed by atoms with Gasteiger partial charge in [-0.3, -0.25) is 14.5 Å². The van der Waals surface area contributed by atoms with E-state index in [9.17, 15) is 22.8 Å². The molecule has 1 amide bonds. The molecule has 0 atom stereocenters. The summed E-state index contributed by atoms with van der Waals surface area (Å²) in [6.07, 6.45) is -4.65. The van der Waals surface area contributed by atoms with E-state index in [0.29, 0.717) is 0 Å². The number of carboxylic acids is 1. The van der Waals surface area contributed by atoms with Crippen LogP contribution in [0.4, 0.5) is 18.9 Å². The van der Waals surface area contributed by atoms with Crippen molar-refractivity contribution < 1.29 is 27.9 Å². The third kappa shape index (κ3) is 6.02. The second-order valence-corrected chi connectivity index (χ2v) is 5.48. The number of likely N-dealkylation sites (N-methyl/N-ethyl adjacent to an activating group) is 1. The molecule has 0 aliphatic rings. The zero-order valence-electron chi connectivity index (χ0n) is 11.6. The van der Waals surface area contributed by atoms with E-state index >= 15 is 0 Å². The number of carboxylic acid groups (broad SMARTS) is 1. The standard InChI is InChI=1S/C13H14BrF3N2O3/c1-19(5-4-12(21)22)7-11(20)18-8-2-3-10(14)9(6-8)13(15,16)17/h2-3,6H,4-5,7H2,1H3,(H,18,20)(H,21,22). The third-order valence-corrected chi connectivity index (χ3v) is 3.37. The minimum Gasteiger partial charge on any atom is -0.481 e. The Morgan fingerprint density at radius 1 is 1.36 bits per heavy atom. The smallest absolute Gasteiger partial charge is 0.417 e. The fraction of sp³-hybridized carbons (Fsp3) is 0.385. The molecule has 0 aliphatic heterocycles. The van der Waals surface area contributed by atoms with Crippen LogP contribution in [-0.4, -0.2) is 42.0 Å². The topological polar surface area (TPSA) is 69.6 Å². The van der Waals surface area contributed by atoms with E-state index in [1.54, 1.807) is 7.05 Å². The number of aliphatic carboxylic acids is 1. The summed E-state index contributed by atoms with van der Waals surface area (Å²) in [7, 11) is 1.55. The SMILES string of the molecule is CN(CCC(=O)O)CC(=O)Nc1ccc(Br)c(C(F)(F)F)c1. The lowest BCUT2D eigenvalue weighted by atomic mass is 10.2. The van der Waals surface area contributed by atoms with E-state index in [-0.39, 0.29) is 29.7 Å². The molecule has 0 fully saturated rings. The number of hydrogen-bond acceptors (Lipinski definition) is 3. The van der Waals surface area contributed by atoms with Crippen molar-refractivity contribution in [3.05, 3.63) is 28.2 Å². The molecular weight excluding hydrogens is 369 g/mol. The number of benzene rings is 1. The first-order chi connectivity index (χ1) is 10.1. The molecule has 0 unspecified atom stereocenters. The van der Waals surface area contributed by atoms with Gasteiger partial charge in [0, 0.05) is 16.7 Å². The van der Waals surface area contributed by atoms with Gasteiger partial charge >= 0.3 is 12.1 Å². The molecule has 1 aromatic carbocycles. The number of anilines is 1. The highest BCUT2D eigenvalue weighted by Gasteiger charge is 2.33. The molecule has 1 rings (SSSR count). The molecule has 0 radical (unpaired) electrons. The Kier molecular flexibility index (Phi) is 6.36. The summed E-state index contributed by atoms with van der Waals surface area (Å²) in [5.74, 6) is -1.52. The van der Waals surface area contributed by atoms with Gasteiger partial charge in [0.1, 0.15) is 0 Å².